The molecule has 1 atom stereocenters. The quantitative estimate of drug-likeness (QED) is 0.653. The van der Waals surface area contributed by atoms with Crippen LogP contribution in [0.4, 0.5) is 8.78 Å². The van der Waals surface area contributed by atoms with Crippen molar-refractivity contribution < 1.29 is 8.78 Å². The van der Waals surface area contributed by atoms with Gasteiger partial charge in [-0.15, -0.1) is 11.3 Å². The summed E-state index contributed by atoms with van der Waals surface area (Å²) >= 11 is 5.05. The summed E-state index contributed by atoms with van der Waals surface area (Å²) in [5, 5.41) is 2.92. The first-order chi connectivity index (χ1) is 9.99. The molecule has 1 nitrogen and oxygen atoms in total. The van der Waals surface area contributed by atoms with Gasteiger partial charge >= 0.3 is 0 Å². The summed E-state index contributed by atoms with van der Waals surface area (Å²) in [5.41, 5.74) is 7.78. The summed E-state index contributed by atoms with van der Waals surface area (Å²) in [7, 11) is 0. The first-order valence-corrected chi connectivity index (χ1v) is 8.03. The number of rotatable bonds is 2. The molecule has 1 unspecified atom stereocenters. The highest BCUT2D eigenvalue weighted by atomic mass is 79.9. The average Bonchev–Trinajstić information content (AvgIpc) is 2.87. The molecule has 3 aromatic rings. The molecule has 3 rings (SSSR count). The van der Waals surface area contributed by atoms with Gasteiger partial charge in [0.25, 0.3) is 0 Å². The van der Waals surface area contributed by atoms with Crippen molar-refractivity contribution in [1.29, 1.82) is 0 Å². The fraction of sp³-hybridized carbons (Fsp3) is 0.125. The number of benzene rings is 2. The van der Waals surface area contributed by atoms with Gasteiger partial charge in [0.15, 0.2) is 0 Å². The minimum absolute atomic E-state index is 0.313. The molecule has 108 valence electrons. The standard InChI is InChI=1S/C16H12BrF2NS/c1-8-5-10(14(19)6-13(8)18)15(20)11-7-21-16-9(11)3-2-4-12(16)17/h2-7,15H,20H2,1H3. The van der Waals surface area contributed by atoms with Crippen LogP contribution in [-0.2, 0) is 0 Å². The van der Waals surface area contributed by atoms with Gasteiger partial charge in [0.05, 0.1) is 6.04 Å². The molecular weight excluding hydrogens is 356 g/mol. The molecule has 0 spiro atoms. The Morgan fingerprint density at radius 2 is 1.90 bits per heavy atom. The zero-order chi connectivity index (χ0) is 15.1. The van der Waals surface area contributed by atoms with Crippen molar-refractivity contribution in [1.82, 2.24) is 0 Å². The van der Waals surface area contributed by atoms with Crippen molar-refractivity contribution in [2.45, 2.75) is 13.0 Å². The highest BCUT2D eigenvalue weighted by Gasteiger charge is 2.19. The van der Waals surface area contributed by atoms with E-state index < -0.39 is 17.7 Å². The van der Waals surface area contributed by atoms with E-state index in [1.165, 1.54) is 6.07 Å². The van der Waals surface area contributed by atoms with Gasteiger partial charge < -0.3 is 5.73 Å². The van der Waals surface area contributed by atoms with Gasteiger partial charge in [-0.05, 0) is 56.9 Å². The Kier molecular flexibility index (Phi) is 3.82. The lowest BCUT2D eigenvalue weighted by Gasteiger charge is -2.14. The van der Waals surface area contributed by atoms with Crippen LogP contribution < -0.4 is 5.73 Å². The van der Waals surface area contributed by atoms with Crippen molar-refractivity contribution in [3.05, 3.63) is 68.5 Å². The van der Waals surface area contributed by atoms with Crippen LogP contribution in [-0.4, -0.2) is 0 Å². The summed E-state index contributed by atoms with van der Waals surface area (Å²) in [6.45, 7) is 1.60. The lowest BCUT2D eigenvalue weighted by atomic mass is 9.97. The van der Waals surface area contributed by atoms with Crippen molar-refractivity contribution in [2.24, 2.45) is 5.73 Å². The van der Waals surface area contributed by atoms with Crippen LogP contribution in [0.25, 0.3) is 10.1 Å². The molecule has 0 saturated carbocycles. The number of hydrogen-bond acceptors (Lipinski definition) is 2. The maximum Gasteiger partial charge on any atom is 0.131 e. The van der Waals surface area contributed by atoms with Crippen molar-refractivity contribution in [3.8, 4) is 0 Å². The molecule has 21 heavy (non-hydrogen) atoms. The number of thiophene rings is 1. The number of nitrogens with two attached hydrogens (primary N) is 1. The van der Waals surface area contributed by atoms with Crippen molar-refractivity contribution in [3.63, 3.8) is 0 Å². The molecule has 2 aromatic carbocycles. The third-order valence-corrected chi connectivity index (χ3v) is 5.50. The second kappa shape index (κ2) is 5.48. The maximum atomic E-state index is 14.0. The molecule has 0 aliphatic heterocycles. The molecule has 5 heteroatoms. The van der Waals surface area contributed by atoms with Gasteiger partial charge in [-0.3, -0.25) is 0 Å². The summed E-state index contributed by atoms with van der Waals surface area (Å²) in [6, 6.07) is 7.59. The average molecular weight is 368 g/mol. The predicted molar refractivity (Wildman–Crippen MR) is 86.7 cm³/mol. The summed E-state index contributed by atoms with van der Waals surface area (Å²) < 4.78 is 29.5. The van der Waals surface area contributed by atoms with E-state index in [0.29, 0.717) is 11.1 Å². The predicted octanol–water partition coefficient (Wildman–Crippen LogP) is 5.30. The second-order valence-corrected chi connectivity index (χ2v) is 6.64. The summed E-state index contributed by atoms with van der Waals surface area (Å²) in [4.78, 5) is 0. The number of halogens is 3. The molecule has 1 aromatic heterocycles. The minimum atomic E-state index is -0.618. The lowest BCUT2D eigenvalue weighted by molar-refractivity contribution is 0.561. The van der Waals surface area contributed by atoms with E-state index in [0.717, 1.165) is 26.2 Å². The van der Waals surface area contributed by atoms with Crippen molar-refractivity contribution in [2.75, 3.05) is 0 Å². The molecule has 0 bridgehead atoms. The van der Waals surface area contributed by atoms with E-state index in [1.54, 1.807) is 18.3 Å². The Labute approximate surface area is 133 Å². The Hall–Kier alpha value is -1.30. The van der Waals surface area contributed by atoms with E-state index in [2.05, 4.69) is 15.9 Å². The third kappa shape index (κ3) is 2.50. The third-order valence-electron chi connectivity index (χ3n) is 3.53. The van der Waals surface area contributed by atoms with Crippen LogP contribution in [0.1, 0.15) is 22.7 Å². The van der Waals surface area contributed by atoms with E-state index in [-0.39, 0.29) is 0 Å². The number of fused-ring (bicyclic) bond motifs is 1. The highest BCUT2D eigenvalue weighted by Crippen LogP contribution is 2.37. The van der Waals surface area contributed by atoms with Crippen LogP contribution >= 0.6 is 27.3 Å². The summed E-state index contributed by atoms with van der Waals surface area (Å²) in [6.07, 6.45) is 0. The SMILES string of the molecule is Cc1cc(C(N)c2csc3c(Br)cccc23)c(F)cc1F. The number of hydrogen-bond donors (Lipinski definition) is 1. The molecule has 0 amide bonds. The fourth-order valence-corrected chi connectivity index (χ4v) is 4.03. The zero-order valence-corrected chi connectivity index (χ0v) is 13.6. The van der Waals surface area contributed by atoms with Crippen LogP contribution in [0.2, 0.25) is 0 Å². The molecular formula is C16H12BrF2NS. The molecule has 0 fully saturated rings. The normalized spacial score (nSPS) is 12.8. The van der Waals surface area contributed by atoms with Crippen LogP contribution in [0.5, 0.6) is 0 Å². The van der Waals surface area contributed by atoms with Gasteiger partial charge in [0.1, 0.15) is 11.6 Å². The smallest absolute Gasteiger partial charge is 0.131 e. The van der Waals surface area contributed by atoms with Gasteiger partial charge in [-0.25, -0.2) is 8.78 Å². The van der Waals surface area contributed by atoms with E-state index in [4.69, 9.17) is 5.73 Å². The van der Waals surface area contributed by atoms with Crippen LogP contribution in [0, 0.1) is 18.6 Å². The first kappa shape index (κ1) is 14.6. The van der Waals surface area contributed by atoms with Crippen molar-refractivity contribution >= 4 is 37.4 Å². The van der Waals surface area contributed by atoms with E-state index in [9.17, 15) is 8.78 Å². The molecule has 1 heterocycles. The van der Waals surface area contributed by atoms with Gasteiger partial charge in [-0.1, -0.05) is 12.1 Å². The van der Waals surface area contributed by atoms with E-state index >= 15 is 0 Å². The van der Waals surface area contributed by atoms with Gasteiger partial charge in [0, 0.05) is 20.8 Å². The number of aryl methyl sites for hydroxylation is 1. The highest BCUT2D eigenvalue weighted by molar-refractivity contribution is 9.10. The molecule has 0 radical (unpaired) electrons. The first-order valence-electron chi connectivity index (χ1n) is 6.35. The van der Waals surface area contributed by atoms with E-state index in [1.807, 2.05) is 23.6 Å². The minimum Gasteiger partial charge on any atom is -0.320 e. The monoisotopic (exact) mass is 367 g/mol. The summed E-state index contributed by atoms with van der Waals surface area (Å²) in [5.74, 6) is -1.17. The van der Waals surface area contributed by atoms with Gasteiger partial charge in [0.2, 0.25) is 0 Å². The molecule has 0 aliphatic rings. The Bertz CT molecular complexity index is 829. The van der Waals surface area contributed by atoms with Crippen LogP contribution in [0.15, 0.2) is 40.2 Å². The Morgan fingerprint density at radius 1 is 1.14 bits per heavy atom. The molecule has 0 saturated heterocycles. The van der Waals surface area contributed by atoms with Gasteiger partial charge in [-0.2, -0.15) is 0 Å². The Balaban J connectivity index is 2.15. The largest absolute Gasteiger partial charge is 0.320 e. The molecule has 0 aliphatic carbocycles. The lowest BCUT2D eigenvalue weighted by Crippen LogP contribution is -2.14. The topological polar surface area (TPSA) is 26.0 Å². The maximum absolute atomic E-state index is 14.0. The van der Waals surface area contributed by atoms with Crippen LogP contribution in [0.3, 0.4) is 0 Å². The fourth-order valence-electron chi connectivity index (χ4n) is 2.37. The Morgan fingerprint density at radius 3 is 2.67 bits per heavy atom. The zero-order valence-electron chi connectivity index (χ0n) is 11.2. The second-order valence-electron chi connectivity index (χ2n) is 4.91. The molecule has 2 N–H and O–H groups in total.